The summed E-state index contributed by atoms with van der Waals surface area (Å²) < 4.78 is 48.6. The molecule has 1 heterocycles. The Morgan fingerprint density at radius 1 is 1.11 bits per heavy atom. The quantitative estimate of drug-likeness (QED) is 0.451. The molecule has 0 saturated heterocycles. The maximum atomic E-state index is 14.8. The van der Waals surface area contributed by atoms with E-state index in [9.17, 15) is 22.4 Å². The zero-order valence-electron chi connectivity index (χ0n) is 21.4. The normalized spacial score (nSPS) is 11.9. The molecule has 0 radical (unpaired) electrons. The van der Waals surface area contributed by atoms with Gasteiger partial charge >= 0.3 is 6.09 Å². The van der Waals surface area contributed by atoms with E-state index in [2.05, 4.69) is 5.32 Å². The first-order chi connectivity index (χ1) is 17.3. The van der Waals surface area contributed by atoms with Crippen molar-refractivity contribution < 1.29 is 27.1 Å². The van der Waals surface area contributed by atoms with Crippen LogP contribution in [0.1, 0.15) is 31.9 Å². The van der Waals surface area contributed by atoms with Crippen LogP contribution in [0, 0.1) is 5.82 Å². The Hall–Kier alpha value is -3.92. The number of hydrogen-bond acceptors (Lipinski definition) is 5. The number of rotatable bonds is 7. The molecule has 0 spiro atoms. The van der Waals surface area contributed by atoms with Gasteiger partial charge in [-0.25, -0.2) is 21.6 Å². The summed E-state index contributed by atoms with van der Waals surface area (Å²) >= 11 is 0. The van der Waals surface area contributed by atoms with E-state index in [1.807, 2.05) is 0 Å². The number of halogens is 1. The van der Waals surface area contributed by atoms with E-state index >= 15 is 0 Å². The topological polar surface area (TPSA) is 97.7 Å². The molecule has 0 unspecified atom stereocenters. The Morgan fingerprint density at radius 2 is 1.81 bits per heavy atom. The molecule has 0 atom stereocenters. The molecule has 0 aliphatic rings. The van der Waals surface area contributed by atoms with E-state index in [0.717, 1.165) is 3.97 Å². The fourth-order valence-corrected chi connectivity index (χ4v) is 4.92. The van der Waals surface area contributed by atoms with Crippen LogP contribution in [-0.4, -0.2) is 49.0 Å². The first-order valence-corrected chi connectivity index (χ1v) is 12.9. The summed E-state index contributed by atoms with van der Waals surface area (Å²) in [6.45, 7) is 5.27. The van der Waals surface area contributed by atoms with Crippen molar-refractivity contribution in [3.63, 3.8) is 0 Å². The van der Waals surface area contributed by atoms with E-state index in [0.29, 0.717) is 11.1 Å². The lowest BCUT2D eigenvalue weighted by atomic mass is 10.1. The lowest BCUT2D eigenvalue weighted by Gasteiger charge is -2.24. The molecule has 10 heteroatoms. The zero-order chi connectivity index (χ0) is 27.4. The molecule has 2 amide bonds. The van der Waals surface area contributed by atoms with Crippen molar-refractivity contribution in [3.8, 4) is 11.3 Å². The third-order valence-corrected chi connectivity index (χ3v) is 6.88. The summed E-state index contributed by atoms with van der Waals surface area (Å²) in [5, 5.41) is 2.45. The second-order valence-electron chi connectivity index (χ2n) is 9.37. The standard InChI is InChI=1S/C27H30FN3O5S/c1-27(2,3)36-26(33)30(5)17-20-16-24(22-11-6-7-12-23(22)28)31(18-20)37(34,35)21-10-8-9-19(15-21)13-14-25(32)29-4/h6-16,18H,17H2,1-5H3,(H,29,32)/b14-13+. The highest BCUT2D eigenvalue weighted by molar-refractivity contribution is 7.90. The van der Waals surface area contributed by atoms with Gasteiger partial charge in [0.25, 0.3) is 10.0 Å². The van der Waals surface area contributed by atoms with Gasteiger partial charge < -0.3 is 15.0 Å². The molecule has 196 valence electrons. The van der Waals surface area contributed by atoms with Crippen LogP contribution in [0.4, 0.5) is 9.18 Å². The van der Waals surface area contributed by atoms with Gasteiger partial charge in [-0.3, -0.25) is 4.79 Å². The summed E-state index contributed by atoms with van der Waals surface area (Å²) in [6, 6.07) is 13.4. The van der Waals surface area contributed by atoms with Gasteiger partial charge in [-0.05, 0) is 68.3 Å². The first kappa shape index (κ1) is 27.7. The summed E-state index contributed by atoms with van der Waals surface area (Å²) in [5.41, 5.74) is 0.459. The molecule has 0 aliphatic carbocycles. The predicted molar refractivity (Wildman–Crippen MR) is 140 cm³/mol. The molecular weight excluding hydrogens is 497 g/mol. The van der Waals surface area contributed by atoms with E-state index in [1.54, 1.807) is 39.0 Å². The van der Waals surface area contributed by atoms with Gasteiger partial charge in [0.1, 0.15) is 11.4 Å². The van der Waals surface area contributed by atoms with Crippen molar-refractivity contribution in [2.24, 2.45) is 0 Å². The minimum atomic E-state index is -4.18. The van der Waals surface area contributed by atoms with Crippen LogP contribution in [0.25, 0.3) is 17.3 Å². The number of carbonyl (C=O) groups is 2. The minimum absolute atomic E-state index is 0.0355. The lowest BCUT2D eigenvalue weighted by molar-refractivity contribution is -0.115. The molecule has 0 bridgehead atoms. The number of amides is 2. The molecule has 1 N–H and O–H groups in total. The predicted octanol–water partition coefficient (Wildman–Crippen LogP) is 4.66. The fraction of sp³-hybridized carbons (Fsp3) is 0.259. The number of nitrogens with one attached hydrogen (secondary N) is 1. The van der Waals surface area contributed by atoms with E-state index in [-0.39, 0.29) is 28.6 Å². The summed E-state index contributed by atoms with van der Waals surface area (Å²) in [5.74, 6) is -0.925. The molecular formula is C27H30FN3O5S. The van der Waals surface area contributed by atoms with Crippen LogP contribution in [0.5, 0.6) is 0 Å². The average Bonchev–Trinajstić information content (AvgIpc) is 3.26. The first-order valence-electron chi connectivity index (χ1n) is 11.5. The highest BCUT2D eigenvalue weighted by Gasteiger charge is 2.25. The second-order valence-corrected chi connectivity index (χ2v) is 11.2. The van der Waals surface area contributed by atoms with Crippen molar-refractivity contribution >= 4 is 28.1 Å². The number of benzene rings is 2. The molecule has 0 fully saturated rings. The van der Waals surface area contributed by atoms with Gasteiger partial charge in [0.2, 0.25) is 5.91 Å². The Balaban J connectivity index is 2.07. The van der Waals surface area contributed by atoms with Crippen LogP contribution in [0.3, 0.4) is 0 Å². The van der Waals surface area contributed by atoms with Gasteiger partial charge in [0.15, 0.2) is 0 Å². The van der Waals surface area contributed by atoms with Gasteiger partial charge in [0, 0.05) is 31.9 Å². The van der Waals surface area contributed by atoms with E-state index in [4.69, 9.17) is 4.74 Å². The smallest absolute Gasteiger partial charge is 0.410 e. The summed E-state index contributed by atoms with van der Waals surface area (Å²) in [4.78, 5) is 25.3. The fourth-order valence-electron chi connectivity index (χ4n) is 3.47. The van der Waals surface area contributed by atoms with Crippen molar-refractivity contribution in [1.82, 2.24) is 14.2 Å². The second kappa shape index (κ2) is 11.0. The highest BCUT2D eigenvalue weighted by atomic mass is 32.2. The molecule has 0 aliphatic heterocycles. The maximum Gasteiger partial charge on any atom is 0.410 e. The molecule has 3 rings (SSSR count). The zero-order valence-corrected chi connectivity index (χ0v) is 22.2. The Kier molecular flexibility index (Phi) is 8.22. The largest absolute Gasteiger partial charge is 0.444 e. The minimum Gasteiger partial charge on any atom is -0.444 e. The van der Waals surface area contributed by atoms with Crippen molar-refractivity contribution in [1.29, 1.82) is 0 Å². The monoisotopic (exact) mass is 527 g/mol. The summed E-state index contributed by atoms with van der Waals surface area (Å²) in [7, 11) is -1.16. The molecule has 8 nitrogen and oxygen atoms in total. The van der Waals surface area contributed by atoms with Crippen molar-refractivity contribution in [2.45, 2.75) is 37.8 Å². The highest BCUT2D eigenvalue weighted by Crippen LogP contribution is 2.30. The van der Waals surface area contributed by atoms with Gasteiger partial charge in [-0.15, -0.1) is 0 Å². The van der Waals surface area contributed by atoms with Crippen LogP contribution < -0.4 is 5.32 Å². The SMILES string of the molecule is CNC(=O)/C=C/c1cccc(S(=O)(=O)n2cc(CN(C)C(=O)OC(C)(C)C)cc2-c2ccccc2F)c1. The van der Waals surface area contributed by atoms with Crippen molar-refractivity contribution in [2.75, 3.05) is 14.1 Å². The summed E-state index contributed by atoms with van der Waals surface area (Å²) in [6.07, 6.45) is 3.57. The van der Waals surface area contributed by atoms with Crippen LogP contribution in [0.2, 0.25) is 0 Å². The maximum absolute atomic E-state index is 14.8. The number of aromatic nitrogens is 1. The lowest BCUT2D eigenvalue weighted by Crippen LogP contribution is -2.33. The van der Waals surface area contributed by atoms with E-state index in [1.165, 1.54) is 73.7 Å². The Labute approximate surface area is 216 Å². The van der Waals surface area contributed by atoms with Gasteiger partial charge in [-0.1, -0.05) is 24.3 Å². The van der Waals surface area contributed by atoms with Crippen LogP contribution in [0.15, 0.2) is 71.8 Å². The third kappa shape index (κ3) is 6.85. The molecule has 2 aromatic carbocycles. The van der Waals surface area contributed by atoms with Gasteiger partial charge in [-0.2, -0.15) is 0 Å². The van der Waals surface area contributed by atoms with Crippen LogP contribution in [-0.2, 0) is 26.1 Å². The molecule has 1 aromatic heterocycles. The number of ether oxygens (including phenoxy) is 1. The molecule has 3 aromatic rings. The van der Waals surface area contributed by atoms with E-state index < -0.39 is 27.5 Å². The number of hydrogen-bond donors (Lipinski definition) is 1. The van der Waals surface area contributed by atoms with Gasteiger partial charge in [0.05, 0.1) is 17.1 Å². The number of carbonyl (C=O) groups excluding carboxylic acids is 2. The third-order valence-electron chi connectivity index (χ3n) is 5.21. The Morgan fingerprint density at radius 3 is 2.46 bits per heavy atom. The average molecular weight is 528 g/mol. The molecule has 37 heavy (non-hydrogen) atoms. The number of nitrogens with zero attached hydrogens (tertiary/aromatic N) is 2. The number of likely N-dealkylation sites (N-methyl/N-ethyl adjacent to an activating group) is 1. The Bertz CT molecular complexity index is 1440. The van der Waals surface area contributed by atoms with Crippen LogP contribution >= 0.6 is 0 Å². The molecule has 0 saturated carbocycles. The van der Waals surface area contributed by atoms with Crippen molar-refractivity contribution in [3.05, 3.63) is 83.8 Å².